The molecule has 1 aliphatic rings. The lowest BCUT2D eigenvalue weighted by atomic mass is 10.0. The maximum atomic E-state index is 12.9. The SMILES string of the molecule is CN(C)C(=O)CSc1ccccc1C(=O)N[C@H]1CCCN(Cc2ccccc2)C1. The fourth-order valence-corrected chi connectivity index (χ4v) is 4.50. The van der Waals surface area contributed by atoms with Crippen molar-refractivity contribution in [1.82, 2.24) is 15.1 Å². The number of rotatable bonds is 7. The zero-order valence-electron chi connectivity index (χ0n) is 17.1. The molecule has 0 aromatic heterocycles. The van der Waals surface area contributed by atoms with Gasteiger partial charge in [-0.15, -0.1) is 11.8 Å². The highest BCUT2D eigenvalue weighted by atomic mass is 32.2. The van der Waals surface area contributed by atoms with Crippen molar-refractivity contribution in [2.75, 3.05) is 32.9 Å². The number of hydrogen-bond donors (Lipinski definition) is 1. The average molecular weight is 412 g/mol. The first-order chi connectivity index (χ1) is 14.0. The number of hydrogen-bond acceptors (Lipinski definition) is 4. The Bertz CT molecular complexity index is 826. The molecule has 1 N–H and O–H groups in total. The molecule has 0 saturated carbocycles. The van der Waals surface area contributed by atoms with Crippen LogP contribution >= 0.6 is 11.8 Å². The van der Waals surface area contributed by atoms with Crippen LogP contribution in [0.15, 0.2) is 59.5 Å². The standard InChI is InChI=1S/C23H29N3O2S/c1-25(2)22(27)17-29-21-13-7-6-12-20(21)23(28)24-19-11-8-14-26(16-19)15-18-9-4-3-5-10-18/h3-7,9-10,12-13,19H,8,11,14-17H2,1-2H3,(H,24,28)/t19-/m0/s1. The minimum Gasteiger partial charge on any atom is -0.348 e. The number of carbonyl (C=O) groups is 2. The summed E-state index contributed by atoms with van der Waals surface area (Å²) >= 11 is 1.41. The fourth-order valence-electron chi connectivity index (χ4n) is 3.47. The van der Waals surface area contributed by atoms with Gasteiger partial charge in [0, 0.05) is 38.1 Å². The monoisotopic (exact) mass is 411 g/mol. The molecule has 1 saturated heterocycles. The predicted molar refractivity (Wildman–Crippen MR) is 118 cm³/mol. The third-order valence-corrected chi connectivity index (χ3v) is 6.13. The molecule has 1 atom stereocenters. The van der Waals surface area contributed by atoms with Gasteiger partial charge in [-0.3, -0.25) is 14.5 Å². The van der Waals surface area contributed by atoms with Gasteiger partial charge in [0.2, 0.25) is 5.91 Å². The van der Waals surface area contributed by atoms with Gasteiger partial charge in [0.05, 0.1) is 11.3 Å². The summed E-state index contributed by atoms with van der Waals surface area (Å²) in [6.07, 6.45) is 2.07. The van der Waals surface area contributed by atoms with Crippen molar-refractivity contribution in [3.8, 4) is 0 Å². The molecule has 0 radical (unpaired) electrons. The van der Waals surface area contributed by atoms with Crippen LogP contribution in [0.5, 0.6) is 0 Å². The molecule has 0 spiro atoms. The van der Waals surface area contributed by atoms with Crippen molar-refractivity contribution < 1.29 is 9.59 Å². The number of piperidine rings is 1. The Morgan fingerprint density at radius 1 is 1.10 bits per heavy atom. The summed E-state index contributed by atoms with van der Waals surface area (Å²) in [5, 5.41) is 3.21. The van der Waals surface area contributed by atoms with E-state index in [0.717, 1.165) is 37.4 Å². The fraction of sp³-hybridized carbons (Fsp3) is 0.391. The van der Waals surface area contributed by atoms with E-state index >= 15 is 0 Å². The molecule has 1 heterocycles. The Labute approximate surface area is 177 Å². The van der Waals surface area contributed by atoms with Gasteiger partial charge < -0.3 is 10.2 Å². The number of amides is 2. The maximum Gasteiger partial charge on any atom is 0.252 e. The maximum absolute atomic E-state index is 12.9. The summed E-state index contributed by atoms with van der Waals surface area (Å²) in [6.45, 7) is 2.82. The molecule has 0 aliphatic carbocycles. The molecule has 1 aliphatic heterocycles. The first-order valence-electron chi connectivity index (χ1n) is 10.0. The van der Waals surface area contributed by atoms with Crippen molar-refractivity contribution >= 4 is 23.6 Å². The number of likely N-dealkylation sites (tertiary alicyclic amines) is 1. The first-order valence-corrected chi connectivity index (χ1v) is 11.0. The van der Waals surface area contributed by atoms with Gasteiger partial charge in [-0.2, -0.15) is 0 Å². The number of thioether (sulfide) groups is 1. The summed E-state index contributed by atoms with van der Waals surface area (Å²) in [4.78, 5) is 29.7. The van der Waals surface area contributed by atoms with Gasteiger partial charge in [-0.25, -0.2) is 0 Å². The van der Waals surface area contributed by atoms with Crippen LogP contribution in [0.2, 0.25) is 0 Å². The van der Waals surface area contributed by atoms with Gasteiger partial charge in [0.1, 0.15) is 0 Å². The second kappa shape index (κ2) is 10.5. The molecule has 29 heavy (non-hydrogen) atoms. The molecule has 2 aromatic rings. The van der Waals surface area contributed by atoms with Crippen LogP contribution in [-0.2, 0) is 11.3 Å². The van der Waals surface area contributed by atoms with Gasteiger partial charge >= 0.3 is 0 Å². The van der Waals surface area contributed by atoms with Crippen molar-refractivity contribution in [3.63, 3.8) is 0 Å². The topological polar surface area (TPSA) is 52.7 Å². The number of carbonyl (C=O) groups excluding carboxylic acids is 2. The van der Waals surface area contributed by atoms with Gasteiger partial charge in [-0.05, 0) is 37.1 Å². The zero-order chi connectivity index (χ0) is 20.6. The average Bonchev–Trinajstić information content (AvgIpc) is 2.73. The van der Waals surface area contributed by atoms with E-state index in [1.165, 1.54) is 17.3 Å². The molecule has 3 rings (SSSR count). The molecule has 5 nitrogen and oxygen atoms in total. The van der Waals surface area contributed by atoms with Crippen molar-refractivity contribution in [2.45, 2.75) is 30.3 Å². The summed E-state index contributed by atoms with van der Waals surface area (Å²) in [5.41, 5.74) is 1.94. The number of nitrogens with one attached hydrogen (secondary N) is 1. The Hall–Kier alpha value is -2.31. The molecule has 154 valence electrons. The van der Waals surface area contributed by atoms with E-state index in [4.69, 9.17) is 0 Å². The Morgan fingerprint density at radius 2 is 1.83 bits per heavy atom. The lowest BCUT2D eigenvalue weighted by molar-refractivity contribution is -0.125. The van der Waals surface area contributed by atoms with Gasteiger partial charge in [0.15, 0.2) is 0 Å². The summed E-state index contributed by atoms with van der Waals surface area (Å²) in [6, 6.07) is 18.1. The molecular formula is C23H29N3O2S. The molecule has 2 aromatic carbocycles. The van der Waals surface area contributed by atoms with E-state index < -0.39 is 0 Å². The van der Waals surface area contributed by atoms with E-state index in [1.807, 2.05) is 30.3 Å². The quantitative estimate of drug-likeness (QED) is 0.711. The minimum atomic E-state index is -0.0584. The van der Waals surface area contributed by atoms with Crippen LogP contribution in [0.3, 0.4) is 0 Å². The summed E-state index contributed by atoms with van der Waals surface area (Å²) < 4.78 is 0. The smallest absolute Gasteiger partial charge is 0.252 e. The van der Waals surface area contributed by atoms with E-state index in [1.54, 1.807) is 19.0 Å². The second-order valence-electron chi connectivity index (χ2n) is 7.61. The van der Waals surface area contributed by atoms with Crippen LogP contribution in [0, 0.1) is 0 Å². The highest BCUT2D eigenvalue weighted by Crippen LogP contribution is 2.23. The lowest BCUT2D eigenvalue weighted by Crippen LogP contribution is -2.47. The Kier molecular flexibility index (Phi) is 7.72. The first kappa shape index (κ1) is 21.4. The van der Waals surface area contributed by atoms with E-state index in [0.29, 0.717) is 11.3 Å². The second-order valence-corrected chi connectivity index (χ2v) is 8.62. The normalized spacial score (nSPS) is 17.0. The predicted octanol–water partition coefficient (Wildman–Crippen LogP) is 3.26. The van der Waals surface area contributed by atoms with Gasteiger partial charge in [0.25, 0.3) is 5.91 Å². The summed E-state index contributed by atoms with van der Waals surface area (Å²) in [5.74, 6) is 0.303. The molecule has 0 bridgehead atoms. The largest absolute Gasteiger partial charge is 0.348 e. The van der Waals surface area contributed by atoms with Gasteiger partial charge in [-0.1, -0.05) is 42.5 Å². The molecule has 1 fully saturated rings. The highest BCUT2D eigenvalue weighted by molar-refractivity contribution is 8.00. The molecule has 0 unspecified atom stereocenters. The highest BCUT2D eigenvalue weighted by Gasteiger charge is 2.23. The van der Waals surface area contributed by atoms with E-state index in [-0.39, 0.29) is 17.9 Å². The number of nitrogens with zero attached hydrogens (tertiary/aromatic N) is 2. The molecule has 6 heteroatoms. The van der Waals surface area contributed by atoms with E-state index in [9.17, 15) is 9.59 Å². The number of benzene rings is 2. The third-order valence-electron chi connectivity index (χ3n) is 5.07. The van der Waals surface area contributed by atoms with Crippen LogP contribution in [0.4, 0.5) is 0 Å². The third kappa shape index (κ3) is 6.34. The molecule has 2 amide bonds. The lowest BCUT2D eigenvalue weighted by Gasteiger charge is -2.33. The van der Waals surface area contributed by atoms with Crippen LogP contribution in [0.25, 0.3) is 0 Å². The van der Waals surface area contributed by atoms with E-state index in [2.05, 4.69) is 34.5 Å². The van der Waals surface area contributed by atoms with Crippen LogP contribution < -0.4 is 5.32 Å². The van der Waals surface area contributed by atoms with Crippen molar-refractivity contribution in [3.05, 3.63) is 65.7 Å². The van der Waals surface area contributed by atoms with Crippen LogP contribution in [0.1, 0.15) is 28.8 Å². The van der Waals surface area contributed by atoms with Crippen molar-refractivity contribution in [1.29, 1.82) is 0 Å². The van der Waals surface area contributed by atoms with Crippen molar-refractivity contribution in [2.24, 2.45) is 0 Å². The van der Waals surface area contributed by atoms with Crippen LogP contribution in [-0.4, -0.2) is 60.6 Å². The Balaban J connectivity index is 1.59. The molecular weight excluding hydrogens is 382 g/mol. The minimum absolute atomic E-state index is 0.0362. The Morgan fingerprint density at radius 3 is 2.59 bits per heavy atom. The summed E-state index contributed by atoms with van der Waals surface area (Å²) in [7, 11) is 3.48. The zero-order valence-corrected chi connectivity index (χ0v) is 18.0.